The predicted molar refractivity (Wildman–Crippen MR) is 93.0 cm³/mol. The predicted octanol–water partition coefficient (Wildman–Crippen LogP) is -1.83. The van der Waals surface area contributed by atoms with E-state index in [0.717, 1.165) is 0 Å². The van der Waals surface area contributed by atoms with Gasteiger partial charge >= 0.3 is 63.1 Å². The maximum absolute atomic E-state index is 12.2. The Bertz CT molecular complexity index is 790. The molecule has 1 aliphatic rings. The number of hydrogen-bond acceptors (Lipinski definition) is 4. The second-order valence-corrected chi connectivity index (χ2v) is 5.30. The number of aromatic nitrogens is 2. The molecule has 0 saturated carbocycles. The summed E-state index contributed by atoms with van der Waals surface area (Å²) in [5.41, 5.74) is 0.230. The molecule has 9 nitrogen and oxygen atoms in total. The number of benzene rings is 1. The van der Waals surface area contributed by atoms with Crippen molar-refractivity contribution >= 4 is 18.3 Å². The summed E-state index contributed by atoms with van der Waals surface area (Å²) < 4.78 is 1.40. The molecule has 0 unspecified atom stereocenters. The van der Waals surface area contributed by atoms with Crippen LogP contribution in [0, 0.1) is 0 Å². The zero-order valence-corrected chi connectivity index (χ0v) is 17.6. The zero-order chi connectivity index (χ0) is 16.9. The number of hydrogen-bond donors (Lipinski definition) is 1. The second kappa shape index (κ2) is 10.6. The minimum absolute atomic E-state index is 0. The number of rotatable bonds is 3. The molecular weight excluding hydrogens is 363 g/mol. The Morgan fingerprint density at radius 1 is 1.08 bits per heavy atom. The fourth-order valence-corrected chi connectivity index (χ4v) is 2.45. The quantitative estimate of drug-likeness (QED) is 0.496. The summed E-state index contributed by atoms with van der Waals surface area (Å²) in [4.78, 5) is 41.8. The summed E-state index contributed by atoms with van der Waals surface area (Å²) >= 11 is 0. The van der Waals surface area contributed by atoms with Crippen molar-refractivity contribution in [3.8, 4) is 5.69 Å². The Morgan fingerprint density at radius 3 is 2.31 bits per heavy atom. The maximum atomic E-state index is 12.2. The summed E-state index contributed by atoms with van der Waals surface area (Å²) in [5, 5.41) is 2.61. The topological polar surface area (TPSA) is 121 Å². The molecule has 132 valence electrons. The van der Waals surface area contributed by atoms with Crippen molar-refractivity contribution in [3.05, 3.63) is 59.2 Å². The first-order valence-electron chi connectivity index (χ1n) is 7.51. The summed E-state index contributed by atoms with van der Waals surface area (Å²) in [5.74, 6) is 0.196. The van der Waals surface area contributed by atoms with E-state index in [4.69, 9.17) is 0 Å². The first kappa shape index (κ1) is 22.5. The van der Waals surface area contributed by atoms with E-state index in [2.05, 4.69) is 10.3 Å². The van der Waals surface area contributed by atoms with E-state index in [1.54, 1.807) is 29.3 Å². The van der Waals surface area contributed by atoms with Crippen LogP contribution >= 0.6 is 0 Å². The third-order valence-corrected chi connectivity index (χ3v) is 3.77. The van der Waals surface area contributed by atoms with Crippen molar-refractivity contribution in [2.24, 2.45) is 0 Å². The van der Waals surface area contributed by atoms with Crippen molar-refractivity contribution in [2.45, 2.75) is 0 Å². The number of amides is 3. The van der Waals surface area contributed by atoms with Gasteiger partial charge in [-0.3, -0.25) is 9.88 Å². The number of piperazine rings is 1. The average Bonchev–Trinajstić information content (AvgIpc) is 2.62. The van der Waals surface area contributed by atoms with Crippen LogP contribution in [-0.2, 0) is 4.79 Å². The van der Waals surface area contributed by atoms with Gasteiger partial charge in [0.1, 0.15) is 5.82 Å². The van der Waals surface area contributed by atoms with Crippen LogP contribution in [0.4, 0.5) is 10.6 Å². The molecule has 2 heterocycles. The molecule has 1 saturated heterocycles. The number of nitrogens with zero attached hydrogens (tertiary/aromatic N) is 4. The summed E-state index contributed by atoms with van der Waals surface area (Å²) in [6.45, 7) is 1.73. The second-order valence-electron chi connectivity index (χ2n) is 5.30. The summed E-state index contributed by atoms with van der Waals surface area (Å²) in [6.07, 6.45) is 3.38. The third-order valence-electron chi connectivity index (χ3n) is 3.77. The molecule has 26 heavy (non-hydrogen) atoms. The van der Waals surface area contributed by atoms with Crippen LogP contribution in [0.5, 0.6) is 0 Å². The molecule has 0 spiro atoms. The maximum Gasteiger partial charge on any atom is 1.00 e. The van der Waals surface area contributed by atoms with Crippen LogP contribution in [0.15, 0.2) is 47.4 Å². The van der Waals surface area contributed by atoms with Gasteiger partial charge in [-0.05, 0) is 18.2 Å². The van der Waals surface area contributed by atoms with E-state index in [9.17, 15) is 14.4 Å². The van der Waals surface area contributed by atoms with E-state index >= 15 is 0 Å². The van der Waals surface area contributed by atoms with Crippen LogP contribution < -0.4 is 62.4 Å². The number of anilines is 1. The molecule has 2 aromatic rings. The van der Waals surface area contributed by atoms with Gasteiger partial charge in [0.15, 0.2) is 0 Å². The fraction of sp³-hybridized carbons (Fsp3) is 0.250. The largest absolute Gasteiger partial charge is 1.00 e. The molecule has 3 N–H and O–H groups in total. The Balaban J connectivity index is 0.00000169. The Morgan fingerprint density at radius 2 is 1.73 bits per heavy atom. The van der Waals surface area contributed by atoms with Crippen molar-refractivity contribution < 1.29 is 61.0 Å². The third kappa shape index (κ3) is 5.46. The molecule has 10 heteroatoms. The van der Waals surface area contributed by atoms with Gasteiger partial charge in [0.05, 0.1) is 5.69 Å². The first-order valence-corrected chi connectivity index (χ1v) is 7.51. The van der Waals surface area contributed by atoms with Crippen molar-refractivity contribution in [1.82, 2.24) is 19.4 Å². The Kier molecular flexibility index (Phi) is 9.12. The fourth-order valence-electron chi connectivity index (χ4n) is 2.45. The number of urea groups is 1. The standard InChI is InChI=1S/C16H16N5O3.K.H2N/c22-12-19-8-10-20(11-9-19)15(23)17-14-6-7-21(16(24)18-14)13-4-2-1-3-5-13;;/h1-7H,8-11H2,(H,17,18,23,24);;1H2/q-1;+1;-1. The minimum Gasteiger partial charge on any atom is -0.693 e. The van der Waals surface area contributed by atoms with Gasteiger partial charge in [0.2, 0.25) is 0 Å². The van der Waals surface area contributed by atoms with Gasteiger partial charge in [0, 0.05) is 32.4 Å². The van der Waals surface area contributed by atoms with Crippen LogP contribution in [0.1, 0.15) is 0 Å². The van der Waals surface area contributed by atoms with Crippen molar-refractivity contribution in [1.29, 1.82) is 0 Å². The monoisotopic (exact) mass is 381 g/mol. The molecule has 3 amide bonds. The Labute approximate surface area is 193 Å². The smallest absolute Gasteiger partial charge is 0.693 e. The van der Waals surface area contributed by atoms with Gasteiger partial charge < -0.3 is 20.7 Å². The molecule has 1 aromatic carbocycles. The van der Waals surface area contributed by atoms with E-state index in [1.165, 1.54) is 9.47 Å². The average molecular weight is 381 g/mol. The van der Waals surface area contributed by atoms with Gasteiger partial charge in [-0.1, -0.05) is 18.2 Å². The Hall–Kier alpha value is -1.56. The SMILES string of the molecule is O=[C-]N1CCN(C(=O)Nc2ccn(-c3ccccc3)c(=O)n2)CC1.[K+].[NH2-]. The number of para-hydroxylation sites is 1. The molecule has 1 aliphatic heterocycles. The number of nitrogens with two attached hydrogens (primary N) is 1. The minimum atomic E-state index is -0.473. The number of nitrogens with one attached hydrogen (secondary N) is 1. The molecular formula is C16H18KN6O3-. The number of carbonyl (C=O) groups is 1. The van der Waals surface area contributed by atoms with Crippen molar-refractivity contribution in [2.75, 3.05) is 31.5 Å². The van der Waals surface area contributed by atoms with Crippen molar-refractivity contribution in [3.63, 3.8) is 0 Å². The van der Waals surface area contributed by atoms with E-state index in [0.29, 0.717) is 31.9 Å². The zero-order valence-electron chi connectivity index (χ0n) is 14.5. The van der Waals surface area contributed by atoms with E-state index in [1.807, 2.05) is 24.6 Å². The summed E-state index contributed by atoms with van der Waals surface area (Å²) in [7, 11) is 0. The molecule has 3 rings (SSSR count). The van der Waals surface area contributed by atoms with Crippen LogP contribution in [0.25, 0.3) is 11.8 Å². The normalized spacial score (nSPS) is 13.2. The molecule has 0 atom stereocenters. The molecule has 1 fully saturated rings. The molecule has 0 radical (unpaired) electrons. The van der Waals surface area contributed by atoms with Crippen LogP contribution in [0.2, 0.25) is 0 Å². The van der Waals surface area contributed by atoms with Gasteiger partial charge in [0.25, 0.3) is 0 Å². The summed E-state index contributed by atoms with van der Waals surface area (Å²) in [6, 6.07) is 10.3. The molecule has 1 aromatic heterocycles. The van der Waals surface area contributed by atoms with Gasteiger partial charge in [-0.25, -0.2) is 9.59 Å². The van der Waals surface area contributed by atoms with Crippen LogP contribution in [-0.4, -0.2) is 58.0 Å². The van der Waals surface area contributed by atoms with Gasteiger partial charge in [-0.2, -0.15) is 11.4 Å². The van der Waals surface area contributed by atoms with Gasteiger partial charge in [-0.15, -0.1) is 0 Å². The van der Waals surface area contributed by atoms with E-state index in [-0.39, 0.29) is 69.4 Å². The molecule has 0 aliphatic carbocycles. The van der Waals surface area contributed by atoms with Crippen LogP contribution in [0.3, 0.4) is 0 Å². The first-order chi connectivity index (χ1) is 11.7. The number of carbonyl (C=O) groups excluding carboxylic acids is 2. The molecule has 0 bridgehead atoms. The van der Waals surface area contributed by atoms with E-state index < -0.39 is 5.69 Å².